The zero-order chi connectivity index (χ0) is 22.3. The molecule has 0 aliphatic carbocycles. The Morgan fingerprint density at radius 1 is 1.30 bits per heavy atom. The highest BCUT2D eigenvalue weighted by molar-refractivity contribution is 9.10. The standard InChI is InChI=1S/C21H16BrF3N2O3/c1-13(28)17(11-16-4-2-3-8-27-16)20(29)30-9-7-15(12-26)14-5-6-19(22)18(10-14)21(23,24)25/h2-6,8,10-11,15H,7,9H2,1H3. The average molecular weight is 481 g/mol. The summed E-state index contributed by atoms with van der Waals surface area (Å²) in [6.07, 6.45) is -1.82. The minimum atomic E-state index is -4.58. The highest BCUT2D eigenvalue weighted by atomic mass is 79.9. The fourth-order valence-electron chi connectivity index (χ4n) is 2.54. The molecule has 0 amide bonds. The smallest absolute Gasteiger partial charge is 0.417 e. The van der Waals surface area contributed by atoms with Gasteiger partial charge in [-0.05, 0) is 42.8 Å². The molecule has 1 aromatic heterocycles. The molecule has 1 aromatic carbocycles. The van der Waals surface area contributed by atoms with Crippen molar-refractivity contribution in [3.8, 4) is 6.07 Å². The number of ketones is 1. The Labute approximate surface area is 179 Å². The molecule has 1 heterocycles. The number of Topliss-reactive ketones (excluding diaryl/α,β-unsaturated/α-hetero) is 1. The molecule has 0 bridgehead atoms. The number of carbonyl (C=O) groups excluding carboxylic acids is 2. The number of pyridine rings is 1. The van der Waals surface area contributed by atoms with E-state index in [1.54, 1.807) is 18.2 Å². The van der Waals surface area contributed by atoms with Crippen LogP contribution in [0.3, 0.4) is 0 Å². The molecule has 1 atom stereocenters. The number of aromatic nitrogens is 1. The summed E-state index contributed by atoms with van der Waals surface area (Å²) < 4.78 is 44.2. The van der Waals surface area contributed by atoms with Crippen molar-refractivity contribution in [2.75, 3.05) is 6.61 Å². The van der Waals surface area contributed by atoms with Crippen LogP contribution in [0.1, 0.15) is 36.1 Å². The normalized spacial score (nSPS) is 12.7. The van der Waals surface area contributed by atoms with Crippen molar-refractivity contribution in [3.63, 3.8) is 0 Å². The average Bonchev–Trinajstić information content (AvgIpc) is 2.69. The fourth-order valence-corrected chi connectivity index (χ4v) is 3.01. The third-order valence-corrected chi connectivity index (χ3v) is 4.76. The van der Waals surface area contributed by atoms with Crippen molar-refractivity contribution in [3.05, 3.63) is 69.5 Å². The summed E-state index contributed by atoms with van der Waals surface area (Å²) in [5, 5.41) is 9.34. The Hall–Kier alpha value is -2.99. The second kappa shape index (κ2) is 10.2. The maximum atomic E-state index is 13.1. The maximum Gasteiger partial charge on any atom is 0.417 e. The summed E-state index contributed by atoms with van der Waals surface area (Å²) in [6, 6.07) is 10.4. The first-order valence-electron chi connectivity index (χ1n) is 8.70. The number of rotatable bonds is 7. The van der Waals surface area contributed by atoms with Crippen LogP contribution in [0.25, 0.3) is 6.08 Å². The summed E-state index contributed by atoms with van der Waals surface area (Å²) in [5.74, 6) is -2.34. The van der Waals surface area contributed by atoms with Crippen molar-refractivity contribution >= 4 is 33.8 Å². The molecule has 1 unspecified atom stereocenters. The van der Waals surface area contributed by atoms with Crippen molar-refractivity contribution in [1.29, 1.82) is 5.26 Å². The Bertz CT molecular complexity index is 999. The zero-order valence-electron chi connectivity index (χ0n) is 15.7. The van der Waals surface area contributed by atoms with E-state index in [2.05, 4.69) is 20.9 Å². The summed E-state index contributed by atoms with van der Waals surface area (Å²) in [7, 11) is 0. The van der Waals surface area contributed by atoms with Crippen LogP contribution in [0.4, 0.5) is 13.2 Å². The number of alkyl halides is 3. The van der Waals surface area contributed by atoms with Crippen LogP contribution in [-0.4, -0.2) is 23.3 Å². The van der Waals surface area contributed by atoms with E-state index in [9.17, 15) is 28.0 Å². The van der Waals surface area contributed by atoms with E-state index in [-0.39, 0.29) is 28.6 Å². The lowest BCUT2D eigenvalue weighted by molar-refractivity contribution is -0.140. The van der Waals surface area contributed by atoms with Crippen LogP contribution >= 0.6 is 15.9 Å². The molecule has 156 valence electrons. The number of nitriles is 1. The maximum absolute atomic E-state index is 13.1. The Morgan fingerprint density at radius 3 is 2.60 bits per heavy atom. The summed E-state index contributed by atoms with van der Waals surface area (Å²) in [5.41, 5.74) is -0.566. The van der Waals surface area contributed by atoms with Gasteiger partial charge in [-0.15, -0.1) is 0 Å². The van der Waals surface area contributed by atoms with Crippen LogP contribution in [0.15, 0.2) is 52.6 Å². The van der Waals surface area contributed by atoms with Gasteiger partial charge < -0.3 is 4.74 Å². The zero-order valence-corrected chi connectivity index (χ0v) is 17.3. The van der Waals surface area contributed by atoms with Gasteiger partial charge in [0.05, 0.1) is 29.9 Å². The van der Waals surface area contributed by atoms with Crippen LogP contribution < -0.4 is 0 Å². The minimum absolute atomic E-state index is 0.0318. The monoisotopic (exact) mass is 480 g/mol. The van der Waals surface area contributed by atoms with Gasteiger partial charge in [-0.25, -0.2) is 4.79 Å². The number of benzene rings is 1. The topological polar surface area (TPSA) is 80.1 Å². The lowest BCUT2D eigenvalue weighted by Gasteiger charge is -2.14. The van der Waals surface area contributed by atoms with Gasteiger partial charge in [-0.3, -0.25) is 9.78 Å². The molecule has 30 heavy (non-hydrogen) atoms. The van der Waals surface area contributed by atoms with E-state index < -0.39 is 29.4 Å². The molecule has 0 spiro atoms. The Balaban J connectivity index is 2.09. The molecule has 9 heteroatoms. The highest BCUT2D eigenvalue weighted by Crippen LogP contribution is 2.37. The van der Waals surface area contributed by atoms with Crippen LogP contribution in [0.2, 0.25) is 0 Å². The predicted molar refractivity (Wildman–Crippen MR) is 106 cm³/mol. The highest BCUT2D eigenvalue weighted by Gasteiger charge is 2.33. The molecule has 0 saturated heterocycles. The van der Waals surface area contributed by atoms with Gasteiger partial charge in [0.15, 0.2) is 5.78 Å². The number of halogens is 4. The van der Waals surface area contributed by atoms with Gasteiger partial charge in [0, 0.05) is 17.1 Å². The van der Waals surface area contributed by atoms with E-state index >= 15 is 0 Å². The first-order valence-corrected chi connectivity index (χ1v) is 9.50. The van der Waals surface area contributed by atoms with E-state index in [1.807, 2.05) is 6.07 Å². The molecule has 0 aliphatic heterocycles. The molecular weight excluding hydrogens is 465 g/mol. The second-order valence-corrected chi connectivity index (χ2v) is 7.07. The van der Waals surface area contributed by atoms with Gasteiger partial charge in [-0.1, -0.05) is 28.1 Å². The van der Waals surface area contributed by atoms with Crippen molar-refractivity contribution in [1.82, 2.24) is 4.98 Å². The first kappa shape index (κ1) is 23.3. The molecule has 0 saturated carbocycles. The van der Waals surface area contributed by atoms with Crippen LogP contribution in [0.5, 0.6) is 0 Å². The number of nitrogens with zero attached hydrogens (tertiary/aromatic N) is 2. The summed E-state index contributed by atoms with van der Waals surface area (Å²) in [6.45, 7) is 0.954. The largest absolute Gasteiger partial charge is 0.462 e. The molecule has 0 N–H and O–H groups in total. The first-order chi connectivity index (χ1) is 14.1. The summed E-state index contributed by atoms with van der Waals surface area (Å²) in [4.78, 5) is 28.0. The Morgan fingerprint density at radius 2 is 2.03 bits per heavy atom. The van der Waals surface area contributed by atoms with E-state index in [1.165, 1.54) is 31.3 Å². The molecule has 2 aromatic rings. The minimum Gasteiger partial charge on any atom is -0.462 e. The molecule has 2 rings (SSSR count). The lowest BCUT2D eigenvalue weighted by atomic mass is 9.96. The number of esters is 1. The van der Waals surface area contributed by atoms with Crippen LogP contribution in [0, 0.1) is 11.3 Å². The number of carbonyl (C=O) groups is 2. The predicted octanol–water partition coefficient (Wildman–Crippen LogP) is 5.08. The van der Waals surface area contributed by atoms with Crippen molar-refractivity contribution < 1.29 is 27.5 Å². The number of hydrogen-bond donors (Lipinski definition) is 0. The van der Waals surface area contributed by atoms with E-state index in [4.69, 9.17) is 4.74 Å². The molecular formula is C21H16BrF3N2O3. The SMILES string of the molecule is CC(=O)C(=Cc1ccccn1)C(=O)OCCC(C#N)c1ccc(Br)c(C(F)(F)F)c1. The molecule has 0 fully saturated rings. The second-order valence-electron chi connectivity index (χ2n) is 6.21. The molecule has 0 aliphatic rings. The number of hydrogen-bond acceptors (Lipinski definition) is 5. The van der Waals surface area contributed by atoms with Gasteiger partial charge in [0.1, 0.15) is 5.57 Å². The van der Waals surface area contributed by atoms with Gasteiger partial charge in [-0.2, -0.15) is 18.4 Å². The van der Waals surface area contributed by atoms with Crippen molar-refractivity contribution in [2.45, 2.75) is 25.4 Å². The van der Waals surface area contributed by atoms with E-state index in [0.717, 1.165) is 6.07 Å². The Kier molecular flexibility index (Phi) is 7.89. The molecule has 5 nitrogen and oxygen atoms in total. The third kappa shape index (κ3) is 6.26. The van der Waals surface area contributed by atoms with Crippen molar-refractivity contribution in [2.24, 2.45) is 0 Å². The lowest BCUT2D eigenvalue weighted by Crippen LogP contribution is -2.16. The van der Waals surface area contributed by atoms with Gasteiger partial charge >= 0.3 is 12.1 Å². The van der Waals surface area contributed by atoms with Crippen LogP contribution in [-0.2, 0) is 20.5 Å². The quantitative estimate of drug-likeness (QED) is 0.239. The fraction of sp³-hybridized carbons (Fsp3) is 0.238. The third-order valence-electron chi connectivity index (χ3n) is 4.07. The van der Waals surface area contributed by atoms with E-state index in [0.29, 0.717) is 5.69 Å². The summed E-state index contributed by atoms with van der Waals surface area (Å²) >= 11 is 2.85. The molecule has 0 radical (unpaired) electrons. The van der Waals surface area contributed by atoms with Gasteiger partial charge in [0.25, 0.3) is 0 Å². The number of ether oxygens (including phenoxy) is 1. The van der Waals surface area contributed by atoms with Gasteiger partial charge in [0.2, 0.25) is 0 Å².